The molecular formula is C18H15N3O4. The molecule has 0 aliphatic rings. The fraction of sp³-hybridized carbons (Fsp3) is 0.111. The topological polar surface area (TPSA) is 108 Å². The summed E-state index contributed by atoms with van der Waals surface area (Å²) in [6.07, 6.45) is 0. The number of nitrogens with zero attached hydrogens (tertiary/aromatic N) is 1. The zero-order valence-electron chi connectivity index (χ0n) is 13.4. The Labute approximate surface area is 144 Å². The number of ether oxygens (including phenoxy) is 1. The van der Waals surface area contributed by atoms with E-state index in [9.17, 15) is 19.6 Å². The predicted octanol–water partition coefficient (Wildman–Crippen LogP) is 1.84. The third kappa shape index (κ3) is 4.42. The molecule has 7 heteroatoms. The van der Waals surface area contributed by atoms with Gasteiger partial charge in [-0.05, 0) is 17.7 Å². The highest BCUT2D eigenvalue weighted by molar-refractivity contribution is 6.00. The minimum absolute atomic E-state index is 0.220. The number of imide groups is 1. The maximum atomic E-state index is 12.3. The fourth-order valence-corrected chi connectivity index (χ4v) is 2.15. The van der Waals surface area contributed by atoms with Crippen LogP contribution in [0.5, 0.6) is 0 Å². The molecule has 2 rings (SSSR count). The number of carbonyl (C=O) groups is 3. The van der Waals surface area contributed by atoms with E-state index in [1.54, 1.807) is 48.5 Å². The molecule has 0 atom stereocenters. The van der Waals surface area contributed by atoms with Crippen molar-refractivity contribution in [2.75, 3.05) is 13.7 Å². The summed E-state index contributed by atoms with van der Waals surface area (Å²) in [7, 11) is 1.36. The fourth-order valence-electron chi connectivity index (χ4n) is 2.15. The van der Waals surface area contributed by atoms with Crippen LogP contribution in [-0.4, -0.2) is 31.6 Å². The number of nitrogens with one attached hydrogen (secondary N) is 2. The summed E-state index contributed by atoms with van der Waals surface area (Å²) in [5.41, 5.74) is 1.75. The van der Waals surface area contributed by atoms with Gasteiger partial charge >= 0.3 is 12.0 Å². The predicted molar refractivity (Wildman–Crippen MR) is 89.5 cm³/mol. The van der Waals surface area contributed by atoms with Gasteiger partial charge in [0.2, 0.25) is 0 Å². The minimum atomic E-state index is -0.748. The SMILES string of the molecule is CNC(=O)NC(=O)COC(=O)c1ccccc1-c1ccccc1C#N. The van der Waals surface area contributed by atoms with Crippen molar-refractivity contribution in [3.05, 3.63) is 59.7 Å². The Morgan fingerprint density at radius 3 is 2.36 bits per heavy atom. The van der Waals surface area contributed by atoms with Crippen molar-refractivity contribution >= 4 is 17.9 Å². The molecule has 0 heterocycles. The van der Waals surface area contributed by atoms with Crippen LogP contribution in [0.1, 0.15) is 15.9 Å². The van der Waals surface area contributed by atoms with Crippen LogP contribution >= 0.6 is 0 Å². The molecule has 25 heavy (non-hydrogen) atoms. The Balaban J connectivity index is 2.21. The van der Waals surface area contributed by atoms with Crippen LogP contribution < -0.4 is 10.6 Å². The van der Waals surface area contributed by atoms with E-state index in [0.29, 0.717) is 16.7 Å². The number of rotatable bonds is 4. The zero-order chi connectivity index (χ0) is 18.2. The van der Waals surface area contributed by atoms with E-state index in [4.69, 9.17) is 4.74 Å². The molecule has 0 radical (unpaired) electrons. The second-order valence-corrected chi connectivity index (χ2v) is 4.91. The van der Waals surface area contributed by atoms with E-state index < -0.39 is 24.5 Å². The first kappa shape index (κ1) is 17.7. The van der Waals surface area contributed by atoms with E-state index >= 15 is 0 Å². The molecule has 7 nitrogen and oxygen atoms in total. The van der Waals surface area contributed by atoms with Crippen LogP contribution in [0.25, 0.3) is 11.1 Å². The molecule has 0 aliphatic carbocycles. The average Bonchev–Trinajstić information content (AvgIpc) is 2.65. The molecule has 2 aromatic rings. The number of esters is 1. The summed E-state index contributed by atoms with van der Waals surface area (Å²) in [6, 6.07) is 14.9. The molecule has 0 spiro atoms. The van der Waals surface area contributed by atoms with Crippen molar-refractivity contribution in [3.63, 3.8) is 0 Å². The smallest absolute Gasteiger partial charge is 0.339 e. The molecule has 0 saturated carbocycles. The van der Waals surface area contributed by atoms with Crippen LogP contribution in [0.2, 0.25) is 0 Å². The molecule has 2 aromatic carbocycles. The van der Waals surface area contributed by atoms with E-state index in [1.807, 2.05) is 5.32 Å². The summed E-state index contributed by atoms with van der Waals surface area (Å²) in [4.78, 5) is 34.9. The second kappa shape index (κ2) is 8.26. The third-order valence-corrected chi connectivity index (χ3v) is 3.30. The Kier molecular flexibility index (Phi) is 5.85. The molecule has 126 valence electrons. The summed E-state index contributed by atoms with van der Waals surface area (Å²) in [5, 5.41) is 13.4. The Bertz CT molecular complexity index is 855. The number of benzene rings is 2. The van der Waals surface area contributed by atoms with Crippen LogP contribution in [0.3, 0.4) is 0 Å². The van der Waals surface area contributed by atoms with Gasteiger partial charge in [0.15, 0.2) is 6.61 Å². The quantitative estimate of drug-likeness (QED) is 0.828. The maximum Gasteiger partial charge on any atom is 0.339 e. The van der Waals surface area contributed by atoms with Crippen molar-refractivity contribution in [1.82, 2.24) is 10.6 Å². The first-order chi connectivity index (χ1) is 12.1. The third-order valence-electron chi connectivity index (χ3n) is 3.30. The van der Waals surface area contributed by atoms with Crippen molar-refractivity contribution in [2.45, 2.75) is 0 Å². The number of hydrogen-bond acceptors (Lipinski definition) is 5. The lowest BCUT2D eigenvalue weighted by Crippen LogP contribution is -2.39. The highest BCUT2D eigenvalue weighted by Crippen LogP contribution is 2.27. The highest BCUT2D eigenvalue weighted by Gasteiger charge is 2.17. The number of carbonyl (C=O) groups excluding carboxylic acids is 3. The standard InChI is InChI=1S/C18H15N3O4/c1-20-18(24)21-16(22)11-25-17(23)15-9-5-4-8-14(15)13-7-3-2-6-12(13)10-19/h2-9H,11H2,1H3,(H2,20,21,22,24). The monoisotopic (exact) mass is 337 g/mol. The number of nitriles is 1. The van der Waals surface area contributed by atoms with Gasteiger partial charge in [-0.25, -0.2) is 9.59 Å². The lowest BCUT2D eigenvalue weighted by Gasteiger charge is -2.11. The van der Waals surface area contributed by atoms with Gasteiger partial charge < -0.3 is 10.1 Å². The van der Waals surface area contributed by atoms with Gasteiger partial charge in [0.25, 0.3) is 5.91 Å². The first-order valence-electron chi connectivity index (χ1n) is 7.34. The summed E-state index contributed by atoms with van der Waals surface area (Å²) < 4.78 is 4.96. The highest BCUT2D eigenvalue weighted by atomic mass is 16.5. The molecule has 0 unspecified atom stereocenters. The minimum Gasteiger partial charge on any atom is -0.452 e. The molecule has 0 bridgehead atoms. The largest absolute Gasteiger partial charge is 0.452 e. The van der Waals surface area contributed by atoms with Gasteiger partial charge in [0.1, 0.15) is 0 Å². The van der Waals surface area contributed by atoms with Crippen LogP contribution in [-0.2, 0) is 9.53 Å². The van der Waals surface area contributed by atoms with Gasteiger partial charge in [-0.1, -0.05) is 36.4 Å². The van der Waals surface area contributed by atoms with Crippen molar-refractivity contribution in [3.8, 4) is 17.2 Å². The van der Waals surface area contributed by atoms with E-state index in [-0.39, 0.29) is 5.56 Å². The van der Waals surface area contributed by atoms with Crippen LogP contribution in [0.4, 0.5) is 4.79 Å². The van der Waals surface area contributed by atoms with Gasteiger partial charge in [0, 0.05) is 12.6 Å². The lowest BCUT2D eigenvalue weighted by atomic mass is 9.96. The van der Waals surface area contributed by atoms with Gasteiger partial charge in [0.05, 0.1) is 17.2 Å². The second-order valence-electron chi connectivity index (χ2n) is 4.91. The van der Waals surface area contributed by atoms with E-state index in [0.717, 1.165) is 0 Å². The maximum absolute atomic E-state index is 12.3. The van der Waals surface area contributed by atoms with Gasteiger partial charge in [-0.3, -0.25) is 10.1 Å². The van der Waals surface area contributed by atoms with E-state index in [2.05, 4.69) is 11.4 Å². The molecule has 2 N–H and O–H groups in total. The number of hydrogen-bond donors (Lipinski definition) is 2. The van der Waals surface area contributed by atoms with Crippen LogP contribution in [0.15, 0.2) is 48.5 Å². The molecule has 0 aliphatic heterocycles. The summed E-state index contributed by atoms with van der Waals surface area (Å²) in [5.74, 6) is -1.47. The molecular weight excluding hydrogens is 322 g/mol. The molecule has 0 aromatic heterocycles. The van der Waals surface area contributed by atoms with Gasteiger partial charge in [-0.2, -0.15) is 5.26 Å². The lowest BCUT2D eigenvalue weighted by molar-refractivity contribution is -0.123. The molecule has 0 saturated heterocycles. The van der Waals surface area contributed by atoms with Crippen LogP contribution in [0, 0.1) is 11.3 Å². The van der Waals surface area contributed by atoms with Crippen molar-refractivity contribution in [2.24, 2.45) is 0 Å². The van der Waals surface area contributed by atoms with Gasteiger partial charge in [-0.15, -0.1) is 0 Å². The van der Waals surface area contributed by atoms with E-state index in [1.165, 1.54) is 7.05 Å². The summed E-state index contributed by atoms with van der Waals surface area (Å²) in [6.45, 7) is -0.597. The first-order valence-corrected chi connectivity index (χ1v) is 7.34. The average molecular weight is 337 g/mol. The normalized spacial score (nSPS) is 9.60. The number of urea groups is 1. The molecule has 0 fully saturated rings. The zero-order valence-corrected chi connectivity index (χ0v) is 13.4. The van der Waals surface area contributed by atoms with Crippen molar-refractivity contribution in [1.29, 1.82) is 5.26 Å². The molecule has 3 amide bonds. The van der Waals surface area contributed by atoms with Crippen molar-refractivity contribution < 1.29 is 19.1 Å². The Morgan fingerprint density at radius 2 is 1.68 bits per heavy atom. The Morgan fingerprint density at radius 1 is 1.04 bits per heavy atom. The Hall–Kier alpha value is -3.66. The summed E-state index contributed by atoms with van der Waals surface area (Å²) >= 11 is 0. The number of amides is 3.